The van der Waals surface area contributed by atoms with Gasteiger partial charge in [0.1, 0.15) is 5.54 Å². The van der Waals surface area contributed by atoms with E-state index in [4.69, 9.17) is 9.47 Å². The van der Waals surface area contributed by atoms with Crippen LogP contribution >= 0.6 is 0 Å². The van der Waals surface area contributed by atoms with E-state index in [1.165, 1.54) is 0 Å². The summed E-state index contributed by atoms with van der Waals surface area (Å²) in [5.41, 5.74) is 0.314. The lowest BCUT2D eigenvalue weighted by atomic mass is 9.85. The van der Waals surface area contributed by atoms with Crippen LogP contribution in [-0.4, -0.2) is 48.9 Å². The molecule has 2 aliphatic heterocycles. The topological polar surface area (TPSA) is 61.7 Å². The summed E-state index contributed by atoms with van der Waals surface area (Å²) in [5, 5.41) is 9.84. The number of hydrogen-bond donors (Lipinski definition) is 0. The standard InChI is InChI=1S/C14H17N3O2/c15-11-14(8-13-10-19-13,12-2-1-3-16-9-12)17-4-6-18-7-5-17/h1-3,9,13H,4-8,10H2/t13-,14-/m0/s1. The zero-order chi connectivity index (χ0) is 13.1. The van der Waals surface area contributed by atoms with E-state index in [9.17, 15) is 5.26 Å². The van der Waals surface area contributed by atoms with E-state index in [2.05, 4.69) is 16.0 Å². The molecular weight excluding hydrogens is 242 g/mol. The zero-order valence-corrected chi connectivity index (χ0v) is 10.8. The van der Waals surface area contributed by atoms with Gasteiger partial charge in [-0.2, -0.15) is 5.26 Å². The number of morpholine rings is 1. The molecule has 2 aliphatic rings. The van der Waals surface area contributed by atoms with Crippen LogP contribution in [-0.2, 0) is 15.0 Å². The van der Waals surface area contributed by atoms with Gasteiger partial charge < -0.3 is 9.47 Å². The number of nitrogens with zero attached hydrogens (tertiary/aromatic N) is 3. The molecule has 0 saturated carbocycles. The first-order valence-corrected chi connectivity index (χ1v) is 6.61. The Balaban J connectivity index is 1.95. The van der Waals surface area contributed by atoms with Gasteiger partial charge >= 0.3 is 0 Å². The van der Waals surface area contributed by atoms with Gasteiger partial charge in [-0.1, -0.05) is 6.07 Å². The molecule has 0 aromatic carbocycles. The van der Waals surface area contributed by atoms with Crippen molar-refractivity contribution in [3.63, 3.8) is 0 Å². The normalized spacial score (nSPS) is 26.4. The molecule has 0 amide bonds. The molecule has 5 nitrogen and oxygen atoms in total. The first kappa shape index (κ1) is 12.5. The van der Waals surface area contributed by atoms with Crippen LogP contribution in [0.15, 0.2) is 24.5 Å². The van der Waals surface area contributed by atoms with Crippen LogP contribution in [0.3, 0.4) is 0 Å². The molecule has 0 spiro atoms. The second-order valence-electron chi connectivity index (χ2n) is 4.97. The molecule has 2 saturated heterocycles. The maximum absolute atomic E-state index is 9.84. The Labute approximate surface area is 112 Å². The van der Waals surface area contributed by atoms with E-state index in [0.717, 1.165) is 25.3 Å². The molecule has 0 bridgehead atoms. The molecule has 100 valence electrons. The minimum Gasteiger partial charge on any atom is -0.379 e. The van der Waals surface area contributed by atoms with E-state index in [0.29, 0.717) is 19.6 Å². The largest absolute Gasteiger partial charge is 0.379 e. The van der Waals surface area contributed by atoms with E-state index < -0.39 is 5.54 Å². The van der Waals surface area contributed by atoms with Crippen molar-refractivity contribution in [2.75, 3.05) is 32.9 Å². The highest BCUT2D eigenvalue weighted by Crippen LogP contribution is 2.36. The molecule has 3 rings (SSSR count). The second kappa shape index (κ2) is 5.25. The van der Waals surface area contributed by atoms with Crippen molar-refractivity contribution in [2.24, 2.45) is 0 Å². The Hall–Kier alpha value is -1.48. The fourth-order valence-corrected chi connectivity index (χ4v) is 2.68. The molecule has 0 N–H and O–H groups in total. The number of rotatable bonds is 4. The van der Waals surface area contributed by atoms with Crippen molar-refractivity contribution in [1.82, 2.24) is 9.88 Å². The first-order chi connectivity index (χ1) is 9.35. The van der Waals surface area contributed by atoms with E-state index >= 15 is 0 Å². The highest BCUT2D eigenvalue weighted by atomic mass is 16.6. The summed E-state index contributed by atoms with van der Waals surface area (Å²) < 4.78 is 10.7. The average Bonchev–Trinajstić information content (AvgIpc) is 3.31. The van der Waals surface area contributed by atoms with Gasteiger partial charge in [0.2, 0.25) is 0 Å². The summed E-state index contributed by atoms with van der Waals surface area (Å²) in [4.78, 5) is 6.37. The van der Waals surface area contributed by atoms with E-state index in [-0.39, 0.29) is 6.10 Å². The van der Waals surface area contributed by atoms with Crippen LogP contribution in [0.2, 0.25) is 0 Å². The Kier molecular flexibility index (Phi) is 3.47. The van der Waals surface area contributed by atoms with Crippen LogP contribution in [0.4, 0.5) is 0 Å². The predicted octanol–water partition coefficient (Wildman–Crippen LogP) is 0.922. The molecule has 3 heterocycles. The number of pyridine rings is 1. The maximum atomic E-state index is 9.84. The number of ether oxygens (including phenoxy) is 2. The monoisotopic (exact) mass is 259 g/mol. The first-order valence-electron chi connectivity index (χ1n) is 6.61. The van der Waals surface area contributed by atoms with Crippen LogP contribution in [0.5, 0.6) is 0 Å². The average molecular weight is 259 g/mol. The lowest BCUT2D eigenvalue weighted by Crippen LogP contribution is -2.51. The van der Waals surface area contributed by atoms with Crippen molar-refractivity contribution < 1.29 is 9.47 Å². The summed E-state index contributed by atoms with van der Waals surface area (Å²) >= 11 is 0. The molecule has 2 atom stereocenters. The van der Waals surface area contributed by atoms with Gasteiger partial charge in [0.15, 0.2) is 0 Å². The van der Waals surface area contributed by atoms with E-state index in [1.54, 1.807) is 12.4 Å². The smallest absolute Gasteiger partial charge is 0.138 e. The number of hydrogen-bond acceptors (Lipinski definition) is 5. The lowest BCUT2D eigenvalue weighted by molar-refractivity contribution is -0.0101. The molecule has 1 aromatic heterocycles. The van der Waals surface area contributed by atoms with Gasteiger partial charge in [0, 0.05) is 37.5 Å². The van der Waals surface area contributed by atoms with Crippen molar-refractivity contribution in [3.05, 3.63) is 30.1 Å². The number of nitriles is 1. The summed E-state index contributed by atoms with van der Waals surface area (Å²) in [6.07, 6.45) is 4.43. The van der Waals surface area contributed by atoms with Crippen LogP contribution in [0.25, 0.3) is 0 Å². The molecule has 5 heteroatoms. The Morgan fingerprint density at radius 2 is 2.26 bits per heavy atom. The lowest BCUT2D eigenvalue weighted by Gasteiger charge is -2.40. The zero-order valence-electron chi connectivity index (χ0n) is 10.8. The quantitative estimate of drug-likeness (QED) is 0.752. The Bertz CT molecular complexity index is 463. The van der Waals surface area contributed by atoms with Gasteiger partial charge in [0.05, 0.1) is 32.0 Å². The third kappa shape index (κ3) is 2.47. The second-order valence-corrected chi connectivity index (χ2v) is 4.97. The fraction of sp³-hybridized carbons (Fsp3) is 0.571. The highest BCUT2D eigenvalue weighted by molar-refractivity contribution is 5.30. The summed E-state index contributed by atoms with van der Waals surface area (Å²) in [6.45, 7) is 3.66. The third-order valence-electron chi connectivity index (χ3n) is 3.80. The fourth-order valence-electron chi connectivity index (χ4n) is 2.68. The van der Waals surface area contributed by atoms with Gasteiger partial charge in [-0.05, 0) is 6.07 Å². The van der Waals surface area contributed by atoms with Crippen molar-refractivity contribution in [1.29, 1.82) is 5.26 Å². The van der Waals surface area contributed by atoms with Gasteiger partial charge in [0.25, 0.3) is 0 Å². The van der Waals surface area contributed by atoms with Crippen LogP contribution < -0.4 is 0 Å². The van der Waals surface area contributed by atoms with Crippen molar-refractivity contribution in [3.8, 4) is 6.07 Å². The summed E-state index contributed by atoms with van der Waals surface area (Å²) in [6, 6.07) is 6.39. The van der Waals surface area contributed by atoms with Crippen LogP contribution in [0.1, 0.15) is 12.0 Å². The molecule has 19 heavy (non-hydrogen) atoms. The van der Waals surface area contributed by atoms with Gasteiger partial charge in [-0.3, -0.25) is 9.88 Å². The van der Waals surface area contributed by atoms with Gasteiger partial charge in [-0.25, -0.2) is 0 Å². The van der Waals surface area contributed by atoms with Crippen molar-refractivity contribution in [2.45, 2.75) is 18.1 Å². The molecule has 1 aromatic rings. The Morgan fingerprint density at radius 3 is 2.84 bits per heavy atom. The minimum absolute atomic E-state index is 0.197. The SMILES string of the molecule is N#C[C@@](C[C@H]1CO1)(c1cccnc1)N1CCOCC1. The van der Waals surface area contributed by atoms with Gasteiger partial charge in [-0.15, -0.1) is 0 Å². The van der Waals surface area contributed by atoms with E-state index in [1.807, 2.05) is 12.1 Å². The highest BCUT2D eigenvalue weighted by Gasteiger charge is 2.44. The predicted molar refractivity (Wildman–Crippen MR) is 68.3 cm³/mol. The number of epoxide rings is 1. The maximum Gasteiger partial charge on any atom is 0.138 e. The minimum atomic E-state index is -0.640. The molecule has 0 aliphatic carbocycles. The summed E-state index contributed by atoms with van der Waals surface area (Å²) in [7, 11) is 0. The molecule has 2 fully saturated rings. The Morgan fingerprint density at radius 1 is 1.47 bits per heavy atom. The van der Waals surface area contributed by atoms with Crippen molar-refractivity contribution >= 4 is 0 Å². The molecule has 0 radical (unpaired) electrons. The third-order valence-corrected chi connectivity index (χ3v) is 3.80. The molecule has 0 unspecified atom stereocenters. The summed E-state index contributed by atoms with van der Waals surface area (Å²) in [5.74, 6) is 0. The number of aromatic nitrogens is 1. The molecular formula is C14H17N3O2. The van der Waals surface area contributed by atoms with Crippen LogP contribution in [0, 0.1) is 11.3 Å².